The topological polar surface area (TPSA) is 23.6 Å². The second kappa shape index (κ2) is 6.65. The smallest absolute Gasteiger partial charge is 0.303 e. The van der Waals surface area contributed by atoms with Crippen LogP contribution >= 0.6 is 0 Å². The number of halogens is 3. The standard InChI is InChI=1S/C15H25F3N2O/c1-13-2-4-14(12-21,5-3-13)10-19-6-8-20(9-7-19)11-15(16,17)18/h12-13H,2-11H2,1H3. The Morgan fingerprint density at radius 3 is 2.10 bits per heavy atom. The summed E-state index contributed by atoms with van der Waals surface area (Å²) in [6, 6.07) is 0. The zero-order valence-corrected chi connectivity index (χ0v) is 12.7. The maximum atomic E-state index is 12.4. The van der Waals surface area contributed by atoms with E-state index < -0.39 is 12.7 Å². The summed E-state index contributed by atoms with van der Waals surface area (Å²) in [6.07, 6.45) is 0.965. The van der Waals surface area contributed by atoms with Crippen molar-refractivity contribution >= 4 is 6.29 Å². The van der Waals surface area contributed by atoms with Gasteiger partial charge in [-0.2, -0.15) is 13.2 Å². The van der Waals surface area contributed by atoms with Crippen LogP contribution in [0.15, 0.2) is 0 Å². The first-order valence-corrected chi connectivity index (χ1v) is 7.80. The summed E-state index contributed by atoms with van der Waals surface area (Å²) in [5, 5.41) is 0. The van der Waals surface area contributed by atoms with E-state index in [-0.39, 0.29) is 5.41 Å². The number of piperazine rings is 1. The first-order chi connectivity index (χ1) is 9.82. The first-order valence-electron chi connectivity index (χ1n) is 7.80. The number of alkyl halides is 3. The maximum absolute atomic E-state index is 12.4. The van der Waals surface area contributed by atoms with Crippen molar-refractivity contribution < 1.29 is 18.0 Å². The van der Waals surface area contributed by atoms with E-state index in [1.165, 1.54) is 4.90 Å². The van der Waals surface area contributed by atoms with Crippen LogP contribution in [0, 0.1) is 11.3 Å². The Labute approximate surface area is 124 Å². The molecule has 21 heavy (non-hydrogen) atoms. The van der Waals surface area contributed by atoms with Crippen molar-refractivity contribution in [1.29, 1.82) is 0 Å². The van der Waals surface area contributed by atoms with Gasteiger partial charge < -0.3 is 4.79 Å². The molecule has 1 saturated heterocycles. The van der Waals surface area contributed by atoms with E-state index in [9.17, 15) is 18.0 Å². The van der Waals surface area contributed by atoms with Crippen molar-refractivity contribution in [1.82, 2.24) is 9.80 Å². The molecule has 1 aliphatic heterocycles. The molecule has 6 heteroatoms. The van der Waals surface area contributed by atoms with Crippen molar-refractivity contribution in [3.05, 3.63) is 0 Å². The molecule has 122 valence electrons. The lowest BCUT2D eigenvalue weighted by Crippen LogP contribution is -2.52. The number of hydrogen-bond acceptors (Lipinski definition) is 3. The molecule has 0 aromatic carbocycles. The molecule has 3 nitrogen and oxygen atoms in total. The normalized spacial score (nSPS) is 33.0. The number of rotatable bonds is 4. The predicted molar refractivity (Wildman–Crippen MR) is 75.1 cm³/mol. The van der Waals surface area contributed by atoms with Crippen LogP contribution in [0.5, 0.6) is 0 Å². The third-order valence-corrected chi connectivity index (χ3v) is 4.93. The van der Waals surface area contributed by atoms with Gasteiger partial charge in [-0.15, -0.1) is 0 Å². The molecule has 1 heterocycles. The second-order valence-corrected chi connectivity index (χ2v) is 6.83. The van der Waals surface area contributed by atoms with Gasteiger partial charge in [0.05, 0.1) is 6.54 Å². The average Bonchev–Trinajstić information content (AvgIpc) is 2.42. The van der Waals surface area contributed by atoms with Gasteiger partial charge in [0.25, 0.3) is 0 Å². The van der Waals surface area contributed by atoms with Crippen LogP contribution in [0.4, 0.5) is 13.2 Å². The quantitative estimate of drug-likeness (QED) is 0.746. The van der Waals surface area contributed by atoms with E-state index in [4.69, 9.17) is 0 Å². The van der Waals surface area contributed by atoms with Gasteiger partial charge in [0, 0.05) is 38.1 Å². The summed E-state index contributed by atoms with van der Waals surface area (Å²) in [5.41, 5.74) is -0.265. The van der Waals surface area contributed by atoms with Gasteiger partial charge in [0.15, 0.2) is 0 Å². The molecular formula is C15H25F3N2O. The summed E-state index contributed by atoms with van der Waals surface area (Å²) in [4.78, 5) is 15.1. The predicted octanol–water partition coefficient (Wildman–Crippen LogP) is 2.56. The Balaban J connectivity index is 1.81. The largest absolute Gasteiger partial charge is 0.401 e. The molecule has 0 aromatic heterocycles. The Morgan fingerprint density at radius 1 is 1.10 bits per heavy atom. The van der Waals surface area contributed by atoms with E-state index in [1.54, 1.807) is 0 Å². The Morgan fingerprint density at radius 2 is 1.62 bits per heavy atom. The highest BCUT2D eigenvalue weighted by Gasteiger charge is 2.37. The van der Waals surface area contributed by atoms with E-state index in [1.807, 2.05) is 0 Å². The third kappa shape index (κ3) is 4.95. The number of hydrogen-bond donors (Lipinski definition) is 0. The van der Waals surface area contributed by atoms with Gasteiger partial charge in [-0.25, -0.2) is 0 Å². The molecule has 0 spiro atoms. The zero-order chi connectivity index (χ0) is 15.5. The van der Waals surface area contributed by atoms with E-state index >= 15 is 0 Å². The molecular weight excluding hydrogens is 281 g/mol. The maximum Gasteiger partial charge on any atom is 0.401 e. The Bertz CT molecular complexity index is 343. The molecule has 0 unspecified atom stereocenters. The van der Waals surface area contributed by atoms with Crippen molar-refractivity contribution in [2.24, 2.45) is 11.3 Å². The van der Waals surface area contributed by atoms with Gasteiger partial charge in [-0.05, 0) is 31.6 Å². The fourth-order valence-electron chi connectivity index (χ4n) is 3.45. The number of carbonyl (C=O) groups is 1. The fourth-order valence-corrected chi connectivity index (χ4v) is 3.45. The summed E-state index contributed by atoms with van der Waals surface area (Å²) >= 11 is 0. The molecule has 0 amide bonds. The highest BCUT2D eigenvalue weighted by Crippen LogP contribution is 2.38. The first kappa shape index (κ1) is 16.7. The Kier molecular flexibility index (Phi) is 5.30. The third-order valence-electron chi connectivity index (χ3n) is 4.93. The Hall–Kier alpha value is -0.620. The summed E-state index contributed by atoms with van der Waals surface area (Å²) in [7, 11) is 0. The molecule has 0 bridgehead atoms. The second-order valence-electron chi connectivity index (χ2n) is 6.83. The lowest BCUT2D eigenvalue weighted by atomic mass is 9.71. The highest BCUT2D eigenvalue weighted by molar-refractivity contribution is 5.60. The monoisotopic (exact) mass is 306 g/mol. The SMILES string of the molecule is CC1CCC(C=O)(CN2CCN(CC(F)(F)F)CC2)CC1. The van der Waals surface area contributed by atoms with Gasteiger partial charge in [0.2, 0.25) is 0 Å². The van der Waals surface area contributed by atoms with Crippen molar-refractivity contribution in [2.75, 3.05) is 39.3 Å². The number of nitrogens with zero attached hydrogens (tertiary/aromatic N) is 2. The summed E-state index contributed by atoms with van der Waals surface area (Å²) in [5.74, 6) is 0.682. The fraction of sp³-hybridized carbons (Fsp3) is 0.933. The van der Waals surface area contributed by atoms with Gasteiger partial charge in [-0.1, -0.05) is 6.92 Å². The highest BCUT2D eigenvalue weighted by atomic mass is 19.4. The zero-order valence-electron chi connectivity index (χ0n) is 12.7. The molecule has 0 N–H and O–H groups in total. The van der Waals surface area contributed by atoms with E-state index in [0.717, 1.165) is 32.0 Å². The molecule has 0 atom stereocenters. The average molecular weight is 306 g/mol. The minimum absolute atomic E-state index is 0.265. The van der Waals surface area contributed by atoms with Gasteiger partial charge >= 0.3 is 6.18 Å². The minimum atomic E-state index is -4.12. The summed E-state index contributed by atoms with van der Waals surface area (Å²) < 4.78 is 37.1. The minimum Gasteiger partial charge on any atom is -0.303 e. The molecule has 1 saturated carbocycles. The van der Waals surface area contributed by atoms with Crippen molar-refractivity contribution in [3.63, 3.8) is 0 Å². The van der Waals surface area contributed by atoms with Crippen LogP contribution in [0.2, 0.25) is 0 Å². The van der Waals surface area contributed by atoms with E-state index in [0.29, 0.717) is 38.6 Å². The molecule has 0 radical (unpaired) electrons. The lowest BCUT2D eigenvalue weighted by molar-refractivity contribution is -0.149. The van der Waals surface area contributed by atoms with Crippen LogP contribution in [0.3, 0.4) is 0 Å². The van der Waals surface area contributed by atoms with Crippen LogP contribution in [-0.4, -0.2) is 61.5 Å². The molecule has 2 fully saturated rings. The summed E-state index contributed by atoms with van der Waals surface area (Å²) in [6.45, 7) is 4.23. The van der Waals surface area contributed by atoms with Gasteiger partial charge in [-0.3, -0.25) is 9.80 Å². The number of carbonyl (C=O) groups excluding carboxylic acids is 1. The lowest BCUT2D eigenvalue weighted by Gasteiger charge is -2.42. The van der Waals surface area contributed by atoms with Crippen LogP contribution < -0.4 is 0 Å². The molecule has 2 aliphatic rings. The molecule has 2 rings (SSSR count). The number of aldehydes is 1. The molecule has 1 aliphatic carbocycles. The van der Waals surface area contributed by atoms with Crippen LogP contribution in [0.1, 0.15) is 32.6 Å². The van der Waals surface area contributed by atoms with E-state index in [2.05, 4.69) is 11.8 Å². The van der Waals surface area contributed by atoms with Crippen LogP contribution in [-0.2, 0) is 4.79 Å². The van der Waals surface area contributed by atoms with Crippen molar-refractivity contribution in [2.45, 2.75) is 38.8 Å². The molecule has 0 aromatic rings. The van der Waals surface area contributed by atoms with Crippen molar-refractivity contribution in [3.8, 4) is 0 Å². The van der Waals surface area contributed by atoms with Gasteiger partial charge in [0.1, 0.15) is 6.29 Å². The van der Waals surface area contributed by atoms with Crippen LogP contribution in [0.25, 0.3) is 0 Å².